The lowest BCUT2D eigenvalue weighted by molar-refractivity contribution is -0.140. The molecule has 0 unspecified atom stereocenters. The number of hydrogen-bond donors (Lipinski definition) is 0. The number of rotatable bonds is 6. The van der Waals surface area contributed by atoms with E-state index in [1.165, 1.54) is 12.8 Å². The quantitative estimate of drug-likeness (QED) is 0.497. The molecule has 6 heteroatoms. The minimum absolute atomic E-state index is 0.0126. The Morgan fingerprint density at radius 2 is 1.56 bits per heavy atom. The van der Waals surface area contributed by atoms with Gasteiger partial charge in [0.2, 0.25) is 0 Å². The van der Waals surface area contributed by atoms with Crippen LogP contribution in [-0.2, 0) is 9.59 Å². The number of piperidine rings is 1. The van der Waals surface area contributed by atoms with Gasteiger partial charge >= 0.3 is 0 Å². The fourth-order valence-electron chi connectivity index (χ4n) is 5.42. The molecule has 1 saturated carbocycles. The number of imide groups is 1. The summed E-state index contributed by atoms with van der Waals surface area (Å²) in [5.41, 5.74) is 1.94. The zero-order valence-electron chi connectivity index (χ0n) is 19.8. The number of benzene rings is 1. The molecular weight excluding hydrogens is 402 g/mol. The van der Waals surface area contributed by atoms with Crippen LogP contribution in [0.2, 0.25) is 0 Å². The molecule has 6 nitrogen and oxygen atoms in total. The van der Waals surface area contributed by atoms with Crippen LogP contribution in [0.4, 0.5) is 0 Å². The number of ether oxygens (including phenoxy) is 1. The van der Waals surface area contributed by atoms with Gasteiger partial charge in [-0.2, -0.15) is 0 Å². The molecule has 0 spiro atoms. The highest BCUT2D eigenvalue weighted by Gasteiger charge is 2.45. The minimum Gasteiger partial charge on any atom is -0.494 e. The van der Waals surface area contributed by atoms with E-state index in [0.717, 1.165) is 62.9 Å². The van der Waals surface area contributed by atoms with Crippen LogP contribution >= 0.6 is 0 Å². The monoisotopic (exact) mass is 439 g/mol. The van der Waals surface area contributed by atoms with E-state index in [0.29, 0.717) is 17.9 Å². The number of nitrogens with zero attached hydrogens (tertiary/aromatic N) is 3. The molecule has 1 aromatic carbocycles. The molecule has 1 aromatic rings. The molecular formula is C26H37N3O3. The highest BCUT2D eigenvalue weighted by molar-refractivity contribution is 6.35. The first-order valence-corrected chi connectivity index (χ1v) is 12.3. The van der Waals surface area contributed by atoms with Gasteiger partial charge in [-0.25, -0.2) is 0 Å². The third-order valence-corrected chi connectivity index (χ3v) is 7.32. The van der Waals surface area contributed by atoms with Crippen molar-refractivity contribution in [3.8, 4) is 5.75 Å². The van der Waals surface area contributed by atoms with Crippen molar-refractivity contribution in [2.24, 2.45) is 0 Å². The van der Waals surface area contributed by atoms with Gasteiger partial charge in [0.1, 0.15) is 11.4 Å². The van der Waals surface area contributed by atoms with E-state index in [1.807, 2.05) is 38.2 Å². The fraction of sp³-hybridized carbons (Fsp3) is 0.615. The lowest BCUT2D eigenvalue weighted by Crippen LogP contribution is -2.45. The SMILES string of the molecule is CCOc1ccc(C2=C(N(C)C3CCN(C)CC3)C(=O)N(C3CCCCCC3)C2=O)cc1. The third-order valence-electron chi connectivity index (χ3n) is 7.32. The van der Waals surface area contributed by atoms with Crippen LogP contribution in [-0.4, -0.2) is 72.4 Å². The zero-order valence-corrected chi connectivity index (χ0v) is 19.8. The molecule has 2 fully saturated rings. The smallest absolute Gasteiger partial charge is 0.278 e. The summed E-state index contributed by atoms with van der Waals surface area (Å²) in [6.45, 7) is 4.57. The molecule has 0 radical (unpaired) electrons. The number of carbonyl (C=O) groups is 2. The Bertz CT molecular complexity index is 848. The van der Waals surface area contributed by atoms with E-state index in [9.17, 15) is 9.59 Å². The number of carbonyl (C=O) groups excluding carboxylic acids is 2. The summed E-state index contributed by atoms with van der Waals surface area (Å²) in [7, 11) is 4.14. The van der Waals surface area contributed by atoms with Gasteiger partial charge < -0.3 is 14.5 Å². The summed E-state index contributed by atoms with van der Waals surface area (Å²) in [4.78, 5) is 33.6. The highest BCUT2D eigenvalue weighted by Crippen LogP contribution is 2.37. The van der Waals surface area contributed by atoms with Crippen LogP contribution in [0.25, 0.3) is 5.57 Å². The molecule has 0 N–H and O–H groups in total. The van der Waals surface area contributed by atoms with Gasteiger partial charge in [0, 0.05) is 19.1 Å². The summed E-state index contributed by atoms with van der Waals surface area (Å²) < 4.78 is 5.59. The van der Waals surface area contributed by atoms with Crippen molar-refractivity contribution < 1.29 is 14.3 Å². The van der Waals surface area contributed by atoms with E-state index >= 15 is 0 Å². The first-order chi connectivity index (χ1) is 15.5. The van der Waals surface area contributed by atoms with E-state index in [4.69, 9.17) is 4.74 Å². The molecule has 4 rings (SSSR count). The molecule has 32 heavy (non-hydrogen) atoms. The predicted octanol–water partition coefficient (Wildman–Crippen LogP) is 3.91. The van der Waals surface area contributed by atoms with Gasteiger partial charge in [-0.15, -0.1) is 0 Å². The van der Waals surface area contributed by atoms with Crippen LogP contribution in [0.5, 0.6) is 5.75 Å². The highest BCUT2D eigenvalue weighted by atomic mass is 16.5. The Labute approximate surface area is 192 Å². The molecule has 3 aliphatic rings. The van der Waals surface area contributed by atoms with E-state index in [2.05, 4.69) is 16.8 Å². The number of amides is 2. The fourth-order valence-corrected chi connectivity index (χ4v) is 5.42. The Morgan fingerprint density at radius 1 is 0.938 bits per heavy atom. The van der Waals surface area contributed by atoms with Crippen LogP contribution in [0, 0.1) is 0 Å². The van der Waals surface area contributed by atoms with Crippen molar-refractivity contribution in [2.75, 3.05) is 33.8 Å². The molecule has 2 amide bonds. The van der Waals surface area contributed by atoms with Crippen molar-refractivity contribution in [3.63, 3.8) is 0 Å². The molecule has 2 heterocycles. The van der Waals surface area contributed by atoms with Crippen molar-refractivity contribution >= 4 is 17.4 Å². The van der Waals surface area contributed by atoms with E-state index in [-0.39, 0.29) is 23.9 Å². The molecule has 0 aromatic heterocycles. The second kappa shape index (κ2) is 10.1. The Kier molecular flexibility index (Phi) is 7.19. The maximum absolute atomic E-state index is 13.8. The van der Waals surface area contributed by atoms with Gasteiger partial charge in [0.25, 0.3) is 11.8 Å². The van der Waals surface area contributed by atoms with Crippen molar-refractivity contribution in [1.82, 2.24) is 14.7 Å². The summed E-state index contributed by atoms with van der Waals surface area (Å²) >= 11 is 0. The topological polar surface area (TPSA) is 53.1 Å². The molecule has 0 atom stereocenters. The Balaban J connectivity index is 1.69. The summed E-state index contributed by atoms with van der Waals surface area (Å²) in [5, 5.41) is 0. The minimum atomic E-state index is -0.124. The van der Waals surface area contributed by atoms with E-state index in [1.54, 1.807) is 4.90 Å². The predicted molar refractivity (Wildman–Crippen MR) is 126 cm³/mol. The van der Waals surface area contributed by atoms with Gasteiger partial charge in [-0.1, -0.05) is 37.8 Å². The largest absolute Gasteiger partial charge is 0.494 e. The average Bonchev–Trinajstić information content (AvgIpc) is 2.95. The molecule has 1 aliphatic carbocycles. The standard InChI is InChI=1S/C26H37N3O3/c1-4-32-22-13-11-19(12-14-22)23-24(28(3)20-15-17-27(2)18-16-20)26(31)29(25(23)30)21-9-7-5-6-8-10-21/h11-14,20-21H,4-10,15-18H2,1-3H3. The van der Waals surface area contributed by atoms with Crippen LogP contribution < -0.4 is 4.74 Å². The molecule has 0 bridgehead atoms. The maximum atomic E-state index is 13.8. The van der Waals surface area contributed by atoms with Gasteiger partial charge in [-0.05, 0) is 70.4 Å². The first kappa shape index (κ1) is 22.8. The van der Waals surface area contributed by atoms with Gasteiger partial charge in [0.15, 0.2) is 0 Å². The lowest BCUT2D eigenvalue weighted by atomic mass is 10.00. The number of likely N-dealkylation sites (tertiary alicyclic amines) is 1. The number of hydrogen-bond acceptors (Lipinski definition) is 5. The van der Waals surface area contributed by atoms with Crippen molar-refractivity contribution in [2.45, 2.75) is 70.4 Å². The van der Waals surface area contributed by atoms with Gasteiger partial charge in [-0.3, -0.25) is 14.5 Å². The zero-order chi connectivity index (χ0) is 22.7. The average molecular weight is 440 g/mol. The summed E-state index contributed by atoms with van der Waals surface area (Å²) in [6.07, 6.45) is 8.37. The normalized spacial score (nSPS) is 21.9. The van der Waals surface area contributed by atoms with Crippen molar-refractivity contribution in [1.29, 1.82) is 0 Å². The maximum Gasteiger partial charge on any atom is 0.278 e. The molecule has 174 valence electrons. The summed E-state index contributed by atoms with van der Waals surface area (Å²) in [5.74, 6) is 0.549. The second-order valence-electron chi connectivity index (χ2n) is 9.45. The second-order valence-corrected chi connectivity index (χ2v) is 9.45. The first-order valence-electron chi connectivity index (χ1n) is 12.3. The number of likely N-dealkylation sites (N-methyl/N-ethyl adjacent to an activating group) is 1. The van der Waals surface area contributed by atoms with Crippen LogP contribution in [0.3, 0.4) is 0 Å². The molecule has 2 aliphatic heterocycles. The molecule has 1 saturated heterocycles. The van der Waals surface area contributed by atoms with Gasteiger partial charge in [0.05, 0.1) is 12.2 Å². The summed E-state index contributed by atoms with van der Waals surface area (Å²) in [6, 6.07) is 7.91. The Hall–Kier alpha value is -2.34. The van der Waals surface area contributed by atoms with Crippen molar-refractivity contribution in [3.05, 3.63) is 35.5 Å². The lowest BCUT2D eigenvalue weighted by Gasteiger charge is -2.37. The third kappa shape index (κ3) is 4.56. The Morgan fingerprint density at radius 3 is 2.16 bits per heavy atom. The van der Waals surface area contributed by atoms with E-state index < -0.39 is 0 Å². The van der Waals surface area contributed by atoms with Crippen LogP contribution in [0.15, 0.2) is 30.0 Å². The van der Waals surface area contributed by atoms with Crippen LogP contribution in [0.1, 0.15) is 63.9 Å².